The van der Waals surface area contributed by atoms with E-state index >= 15 is 4.39 Å². The summed E-state index contributed by atoms with van der Waals surface area (Å²) in [6, 6.07) is 3.40. The van der Waals surface area contributed by atoms with Crippen LogP contribution in [-0.2, 0) is 0 Å². The first-order valence-corrected chi connectivity index (χ1v) is 13.1. The van der Waals surface area contributed by atoms with E-state index in [0.29, 0.717) is 50.3 Å². The van der Waals surface area contributed by atoms with Gasteiger partial charge in [0.1, 0.15) is 41.4 Å². The number of nitrogens with zero attached hydrogens (tertiary/aromatic N) is 4. The quantitative estimate of drug-likeness (QED) is 0.358. The Balaban J connectivity index is 1.49. The number of rotatable bonds is 6. The number of benzene rings is 2. The lowest BCUT2D eigenvalue weighted by Crippen LogP contribution is -2.44. The average Bonchev–Trinajstić information content (AvgIpc) is 3.47. The van der Waals surface area contributed by atoms with Crippen molar-refractivity contribution in [3.63, 3.8) is 0 Å². The van der Waals surface area contributed by atoms with E-state index in [1.807, 2.05) is 4.90 Å². The SMILES string of the molecule is COc1cc(-c2ccc(F)c(N)c2F)c(F)c2nc(OC[C@@]34CCCN3C[C@H](F)C4)nc(N3CCNCC3)c12. The molecule has 6 rings (SSSR count). The Morgan fingerprint density at radius 2 is 1.90 bits per heavy atom. The first-order valence-electron chi connectivity index (χ1n) is 13.1. The largest absolute Gasteiger partial charge is 0.496 e. The number of alkyl halides is 1. The van der Waals surface area contributed by atoms with Gasteiger partial charge in [-0.3, -0.25) is 4.90 Å². The van der Waals surface area contributed by atoms with Crippen molar-refractivity contribution in [2.45, 2.75) is 31.0 Å². The van der Waals surface area contributed by atoms with Crippen molar-refractivity contribution in [3.05, 3.63) is 35.7 Å². The minimum atomic E-state index is -1.08. The summed E-state index contributed by atoms with van der Waals surface area (Å²) in [6.07, 6.45) is 1.18. The van der Waals surface area contributed by atoms with Crippen LogP contribution in [0.2, 0.25) is 0 Å². The van der Waals surface area contributed by atoms with Crippen LogP contribution in [0.25, 0.3) is 22.0 Å². The van der Waals surface area contributed by atoms with Gasteiger partial charge in [-0.25, -0.2) is 17.6 Å². The predicted molar refractivity (Wildman–Crippen MR) is 139 cm³/mol. The van der Waals surface area contributed by atoms with E-state index in [-0.39, 0.29) is 35.0 Å². The summed E-state index contributed by atoms with van der Waals surface area (Å²) in [7, 11) is 1.42. The summed E-state index contributed by atoms with van der Waals surface area (Å²) in [4.78, 5) is 13.2. The van der Waals surface area contributed by atoms with Gasteiger partial charge in [-0.1, -0.05) is 0 Å². The topological polar surface area (TPSA) is 88.8 Å². The third-order valence-corrected chi connectivity index (χ3v) is 8.12. The first-order chi connectivity index (χ1) is 18.8. The summed E-state index contributed by atoms with van der Waals surface area (Å²) in [5.74, 6) is -2.21. The predicted octanol–water partition coefficient (Wildman–Crippen LogP) is 3.67. The molecule has 3 fully saturated rings. The number of halogens is 4. The molecule has 208 valence electrons. The number of nitrogens with one attached hydrogen (secondary N) is 1. The van der Waals surface area contributed by atoms with Gasteiger partial charge in [0.15, 0.2) is 11.6 Å². The average molecular weight is 547 g/mol. The van der Waals surface area contributed by atoms with Crippen LogP contribution in [0.3, 0.4) is 0 Å². The molecule has 3 aliphatic heterocycles. The van der Waals surface area contributed by atoms with Crippen molar-refractivity contribution < 1.29 is 27.0 Å². The number of anilines is 2. The van der Waals surface area contributed by atoms with Crippen molar-refractivity contribution in [1.29, 1.82) is 0 Å². The van der Waals surface area contributed by atoms with Gasteiger partial charge in [0.2, 0.25) is 0 Å². The summed E-state index contributed by atoms with van der Waals surface area (Å²) in [5, 5.41) is 3.59. The van der Waals surface area contributed by atoms with Gasteiger partial charge in [-0.2, -0.15) is 9.97 Å². The molecule has 39 heavy (non-hydrogen) atoms. The summed E-state index contributed by atoms with van der Waals surface area (Å²) in [5.41, 5.74) is 3.87. The highest BCUT2D eigenvalue weighted by Crippen LogP contribution is 2.43. The Bertz CT molecular complexity index is 1420. The number of nitrogen functional groups attached to an aromatic ring is 1. The summed E-state index contributed by atoms with van der Waals surface area (Å²) in [6.45, 7) is 3.93. The molecule has 0 unspecified atom stereocenters. The van der Waals surface area contributed by atoms with Crippen LogP contribution in [-0.4, -0.2) is 79.6 Å². The molecule has 0 spiro atoms. The van der Waals surface area contributed by atoms with E-state index in [4.69, 9.17) is 15.2 Å². The number of nitrogens with two attached hydrogens (primary N) is 1. The van der Waals surface area contributed by atoms with Crippen LogP contribution in [0.5, 0.6) is 11.8 Å². The van der Waals surface area contributed by atoms with Crippen LogP contribution in [0.15, 0.2) is 18.2 Å². The lowest BCUT2D eigenvalue weighted by atomic mass is 9.95. The molecule has 8 nitrogen and oxygen atoms in total. The molecule has 4 heterocycles. The molecule has 0 saturated carbocycles. The minimum absolute atomic E-state index is 0.0586. The Kier molecular flexibility index (Phi) is 6.62. The van der Waals surface area contributed by atoms with E-state index in [1.165, 1.54) is 13.2 Å². The lowest BCUT2D eigenvalue weighted by molar-refractivity contribution is 0.107. The van der Waals surface area contributed by atoms with Gasteiger partial charge >= 0.3 is 6.01 Å². The molecule has 0 amide bonds. The Labute approximate surface area is 223 Å². The molecule has 1 aromatic heterocycles. The molecule has 12 heteroatoms. The lowest BCUT2D eigenvalue weighted by Gasteiger charge is -2.32. The fourth-order valence-corrected chi connectivity index (χ4v) is 6.16. The normalized spacial score (nSPS) is 23.4. The number of fused-ring (bicyclic) bond motifs is 2. The first kappa shape index (κ1) is 25.9. The maximum absolute atomic E-state index is 16.2. The van der Waals surface area contributed by atoms with E-state index in [9.17, 15) is 13.2 Å². The third-order valence-electron chi connectivity index (χ3n) is 8.12. The van der Waals surface area contributed by atoms with Gasteiger partial charge in [-0.05, 0) is 37.6 Å². The molecule has 0 bridgehead atoms. The standard InChI is InChI=1S/C27H30F4N6O2/c1-38-19-11-17(16-3-4-18(29)23(32)21(16)30)22(31)24-20(19)25(36-9-6-33-7-10-36)35-26(34-24)39-14-27-5-2-8-37(27)13-15(28)12-27/h3-4,11,15,33H,2,5-10,12-14,32H2,1H3/t15-,27+/m1/s1. The Hall–Kier alpha value is -3.38. The van der Waals surface area contributed by atoms with Gasteiger partial charge in [0, 0.05) is 50.3 Å². The zero-order chi connectivity index (χ0) is 27.3. The van der Waals surface area contributed by atoms with Crippen molar-refractivity contribution in [1.82, 2.24) is 20.2 Å². The number of aromatic nitrogens is 2. The molecule has 0 radical (unpaired) electrons. The fraction of sp³-hybridized carbons (Fsp3) is 0.481. The highest BCUT2D eigenvalue weighted by molar-refractivity contribution is 5.99. The van der Waals surface area contributed by atoms with Crippen molar-refractivity contribution in [2.75, 3.05) is 63.6 Å². The second-order valence-electron chi connectivity index (χ2n) is 10.4. The van der Waals surface area contributed by atoms with E-state index in [0.717, 1.165) is 31.5 Å². The molecule has 3 saturated heterocycles. The van der Waals surface area contributed by atoms with Crippen molar-refractivity contribution >= 4 is 22.4 Å². The second kappa shape index (κ2) is 9.98. The van der Waals surface area contributed by atoms with Gasteiger partial charge in [0.05, 0.1) is 18.0 Å². The Morgan fingerprint density at radius 1 is 1.10 bits per heavy atom. The van der Waals surface area contributed by atoms with Gasteiger partial charge in [-0.15, -0.1) is 0 Å². The summed E-state index contributed by atoms with van der Waals surface area (Å²) >= 11 is 0. The van der Waals surface area contributed by atoms with Crippen LogP contribution < -0.4 is 25.4 Å². The number of hydrogen-bond acceptors (Lipinski definition) is 8. The molecule has 3 N–H and O–H groups in total. The van der Waals surface area contributed by atoms with Crippen LogP contribution in [0.1, 0.15) is 19.3 Å². The van der Waals surface area contributed by atoms with Crippen LogP contribution in [0.4, 0.5) is 29.1 Å². The number of piperazine rings is 1. The van der Waals surface area contributed by atoms with Gasteiger partial charge in [0.25, 0.3) is 0 Å². The highest BCUT2D eigenvalue weighted by atomic mass is 19.1. The van der Waals surface area contributed by atoms with E-state index in [1.54, 1.807) is 0 Å². The number of hydrogen-bond donors (Lipinski definition) is 2. The van der Waals surface area contributed by atoms with E-state index in [2.05, 4.69) is 20.2 Å². The van der Waals surface area contributed by atoms with Crippen molar-refractivity contribution in [2.24, 2.45) is 0 Å². The maximum Gasteiger partial charge on any atom is 0.319 e. The zero-order valence-corrected chi connectivity index (χ0v) is 21.6. The third kappa shape index (κ3) is 4.39. The van der Waals surface area contributed by atoms with Gasteiger partial charge < -0.3 is 25.4 Å². The second-order valence-corrected chi connectivity index (χ2v) is 10.4. The number of methoxy groups -OCH3 is 1. The monoisotopic (exact) mass is 546 g/mol. The Morgan fingerprint density at radius 3 is 2.67 bits per heavy atom. The molecule has 2 aromatic carbocycles. The number of ether oxygens (including phenoxy) is 2. The maximum atomic E-state index is 16.2. The molecular weight excluding hydrogens is 516 g/mol. The smallest absolute Gasteiger partial charge is 0.319 e. The molecule has 3 aliphatic rings. The zero-order valence-electron chi connectivity index (χ0n) is 21.6. The minimum Gasteiger partial charge on any atom is -0.496 e. The highest BCUT2D eigenvalue weighted by Gasteiger charge is 2.49. The molecule has 0 aliphatic carbocycles. The molecule has 2 atom stereocenters. The molecule has 3 aromatic rings. The molecular formula is C27H30F4N6O2. The van der Waals surface area contributed by atoms with E-state index < -0.39 is 34.8 Å². The van der Waals surface area contributed by atoms with Crippen LogP contribution >= 0.6 is 0 Å². The van der Waals surface area contributed by atoms with Crippen LogP contribution in [0, 0.1) is 17.5 Å². The fourth-order valence-electron chi connectivity index (χ4n) is 6.16. The van der Waals surface area contributed by atoms with Crippen molar-refractivity contribution in [3.8, 4) is 22.9 Å². The summed E-state index contributed by atoms with van der Waals surface area (Å²) < 4.78 is 71.1.